The maximum absolute atomic E-state index is 13.7. The molecule has 0 fully saturated rings. The van der Waals surface area contributed by atoms with E-state index in [1.54, 1.807) is 12.1 Å². The van der Waals surface area contributed by atoms with E-state index in [2.05, 4.69) is 10.1 Å². The molecule has 1 aromatic carbocycles. The second-order valence-electron chi connectivity index (χ2n) is 4.78. The third kappa shape index (κ3) is 7.29. The van der Waals surface area contributed by atoms with Crippen molar-refractivity contribution in [2.45, 2.75) is 32.6 Å². The van der Waals surface area contributed by atoms with Gasteiger partial charge < -0.3 is 14.8 Å². The molecule has 0 radical (unpaired) electrons. The Kier molecular flexibility index (Phi) is 6.91. The van der Waals surface area contributed by atoms with Crippen molar-refractivity contribution in [3.8, 4) is 5.75 Å². The molecule has 0 heterocycles. The van der Waals surface area contributed by atoms with E-state index < -0.39 is 18.6 Å². The average molecular weight is 309 g/mol. The summed E-state index contributed by atoms with van der Waals surface area (Å²) in [6, 6.07) is 4.71. The lowest BCUT2D eigenvalue weighted by molar-refractivity contribution is -0.175. The second kappa shape index (κ2) is 8.19. The lowest BCUT2D eigenvalue weighted by Crippen LogP contribution is -2.23. The summed E-state index contributed by atoms with van der Waals surface area (Å²) in [5.74, 6) is -0.505. The van der Waals surface area contributed by atoms with Gasteiger partial charge in [-0.15, -0.1) is 0 Å². The van der Waals surface area contributed by atoms with E-state index >= 15 is 0 Å². The molecule has 0 unspecified atom stereocenters. The third-order valence-electron chi connectivity index (χ3n) is 2.49. The van der Waals surface area contributed by atoms with Gasteiger partial charge in [0.15, 0.2) is 11.6 Å². The highest BCUT2D eigenvalue weighted by Gasteiger charge is 2.27. The summed E-state index contributed by atoms with van der Waals surface area (Å²) in [6.45, 7) is 2.57. The number of alkyl halides is 3. The van der Waals surface area contributed by atoms with Crippen molar-refractivity contribution >= 4 is 0 Å². The molecule has 1 N–H and O–H groups in total. The summed E-state index contributed by atoms with van der Waals surface area (Å²) in [5, 5.41) is 3.12. The summed E-state index contributed by atoms with van der Waals surface area (Å²) in [5.41, 5.74) is 0.611. The molecule has 21 heavy (non-hydrogen) atoms. The number of ether oxygens (including phenoxy) is 2. The van der Waals surface area contributed by atoms with Crippen molar-refractivity contribution in [1.82, 2.24) is 5.32 Å². The monoisotopic (exact) mass is 309 g/mol. The van der Waals surface area contributed by atoms with Crippen LogP contribution in [0.2, 0.25) is 0 Å². The SMILES string of the molecule is CC(C)NCc1cccc(F)c1OCCOCC(F)(F)F. The first-order chi connectivity index (χ1) is 9.79. The number of benzene rings is 1. The first kappa shape index (κ1) is 17.7. The van der Waals surface area contributed by atoms with Gasteiger partial charge in [-0.05, 0) is 6.07 Å². The number of hydrogen-bond acceptors (Lipinski definition) is 3. The molecule has 0 aliphatic heterocycles. The molecule has 0 aliphatic rings. The Labute approximate surface area is 121 Å². The van der Waals surface area contributed by atoms with Crippen LogP contribution in [0.15, 0.2) is 18.2 Å². The van der Waals surface area contributed by atoms with Crippen LogP contribution in [0.4, 0.5) is 17.6 Å². The van der Waals surface area contributed by atoms with Crippen molar-refractivity contribution in [1.29, 1.82) is 0 Å². The van der Waals surface area contributed by atoms with E-state index in [-0.39, 0.29) is 25.0 Å². The summed E-state index contributed by atoms with van der Waals surface area (Å²) in [6.07, 6.45) is -4.37. The lowest BCUT2D eigenvalue weighted by atomic mass is 10.2. The molecule has 0 spiro atoms. The van der Waals surface area contributed by atoms with Crippen molar-refractivity contribution in [3.63, 3.8) is 0 Å². The fourth-order valence-corrected chi connectivity index (χ4v) is 1.56. The zero-order valence-electron chi connectivity index (χ0n) is 12.0. The van der Waals surface area contributed by atoms with Crippen LogP contribution in [0.1, 0.15) is 19.4 Å². The number of hydrogen-bond donors (Lipinski definition) is 1. The molecule has 0 saturated carbocycles. The number of nitrogens with one attached hydrogen (secondary N) is 1. The summed E-state index contributed by atoms with van der Waals surface area (Å²) >= 11 is 0. The van der Waals surface area contributed by atoms with E-state index in [0.29, 0.717) is 12.1 Å². The summed E-state index contributed by atoms with van der Waals surface area (Å²) < 4.78 is 58.9. The predicted molar refractivity (Wildman–Crippen MR) is 70.7 cm³/mol. The highest BCUT2D eigenvalue weighted by molar-refractivity contribution is 5.34. The van der Waals surface area contributed by atoms with Crippen LogP contribution in [0.5, 0.6) is 5.75 Å². The van der Waals surface area contributed by atoms with Crippen molar-refractivity contribution < 1.29 is 27.0 Å². The Hall–Kier alpha value is -1.34. The van der Waals surface area contributed by atoms with Crippen LogP contribution < -0.4 is 10.1 Å². The van der Waals surface area contributed by atoms with Gasteiger partial charge in [0, 0.05) is 18.2 Å². The standard InChI is InChI=1S/C14H19F4NO2/c1-10(2)19-8-11-4-3-5-12(15)13(11)21-7-6-20-9-14(16,17)18/h3-5,10,19H,6-9H2,1-2H3. The molecule has 1 aromatic rings. The van der Waals surface area contributed by atoms with E-state index in [1.807, 2.05) is 13.8 Å². The molecule has 0 saturated heterocycles. The van der Waals surface area contributed by atoms with Gasteiger partial charge in [-0.1, -0.05) is 26.0 Å². The number of rotatable bonds is 8. The molecule has 0 atom stereocenters. The molecule has 120 valence electrons. The van der Waals surface area contributed by atoms with E-state index in [1.165, 1.54) is 6.07 Å². The first-order valence-electron chi connectivity index (χ1n) is 6.57. The van der Waals surface area contributed by atoms with Crippen LogP contribution >= 0.6 is 0 Å². The number of para-hydroxylation sites is 1. The van der Waals surface area contributed by atoms with E-state index in [9.17, 15) is 17.6 Å². The Balaban J connectivity index is 2.49. The fourth-order valence-electron chi connectivity index (χ4n) is 1.56. The minimum Gasteiger partial charge on any atom is -0.488 e. The van der Waals surface area contributed by atoms with Crippen LogP contribution in [0.25, 0.3) is 0 Å². The molecule has 0 amide bonds. The van der Waals surface area contributed by atoms with Gasteiger partial charge in [-0.25, -0.2) is 4.39 Å². The second-order valence-corrected chi connectivity index (χ2v) is 4.78. The third-order valence-corrected chi connectivity index (χ3v) is 2.49. The first-order valence-corrected chi connectivity index (χ1v) is 6.57. The molecular weight excluding hydrogens is 290 g/mol. The zero-order chi connectivity index (χ0) is 15.9. The normalized spacial score (nSPS) is 12.0. The largest absolute Gasteiger partial charge is 0.488 e. The molecule has 3 nitrogen and oxygen atoms in total. The quantitative estimate of drug-likeness (QED) is 0.590. The van der Waals surface area contributed by atoms with Crippen LogP contribution in [-0.2, 0) is 11.3 Å². The Morgan fingerprint density at radius 1 is 1.19 bits per heavy atom. The Morgan fingerprint density at radius 2 is 1.90 bits per heavy atom. The molecule has 0 bridgehead atoms. The highest BCUT2D eigenvalue weighted by Crippen LogP contribution is 2.23. The molecular formula is C14H19F4NO2. The zero-order valence-corrected chi connectivity index (χ0v) is 12.0. The van der Waals surface area contributed by atoms with Crippen LogP contribution in [0, 0.1) is 5.82 Å². The topological polar surface area (TPSA) is 30.5 Å². The number of halogens is 4. The highest BCUT2D eigenvalue weighted by atomic mass is 19.4. The van der Waals surface area contributed by atoms with Crippen LogP contribution in [0.3, 0.4) is 0 Å². The maximum Gasteiger partial charge on any atom is 0.411 e. The molecule has 0 aromatic heterocycles. The maximum atomic E-state index is 13.7. The Morgan fingerprint density at radius 3 is 2.52 bits per heavy atom. The smallest absolute Gasteiger partial charge is 0.411 e. The van der Waals surface area contributed by atoms with Gasteiger partial charge >= 0.3 is 6.18 Å². The molecule has 0 aliphatic carbocycles. The van der Waals surface area contributed by atoms with Crippen molar-refractivity contribution in [3.05, 3.63) is 29.6 Å². The van der Waals surface area contributed by atoms with Gasteiger partial charge in [0.2, 0.25) is 0 Å². The Bertz CT molecular complexity index is 435. The van der Waals surface area contributed by atoms with Crippen LogP contribution in [-0.4, -0.2) is 32.0 Å². The fraction of sp³-hybridized carbons (Fsp3) is 0.571. The molecule has 7 heteroatoms. The van der Waals surface area contributed by atoms with E-state index in [4.69, 9.17) is 4.74 Å². The van der Waals surface area contributed by atoms with Gasteiger partial charge in [-0.2, -0.15) is 13.2 Å². The summed E-state index contributed by atoms with van der Waals surface area (Å²) in [7, 11) is 0. The van der Waals surface area contributed by atoms with Gasteiger partial charge in [0.1, 0.15) is 13.2 Å². The predicted octanol–water partition coefficient (Wildman–Crippen LogP) is 3.28. The van der Waals surface area contributed by atoms with E-state index in [0.717, 1.165) is 0 Å². The summed E-state index contributed by atoms with van der Waals surface area (Å²) in [4.78, 5) is 0. The van der Waals surface area contributed by atoms with Gasteiger partial charge in [0.05, 0.1) is 6.61 Å². The minimum absolute atomic E-state index is 0.0428. The minimum atomic E-state index is -4.37. The lowest BCUT2D eigenvalue weighted by Gasteiger charge is -2.14. The van der Waals surface area contributed by atoms with Crippen molar-refractivity contribution in [2.75, 3.05) is 19.8 Å². The van der Waals surface area contributed by atoms with Crippen molar-refractivity contribution in [2.24, 2.45) is 0 Å². The molecule has 1 rings (SSSR count). The van der Waals surface area contributed by atoms with Gasteiger partial charge in [-0.3, -0.25) is 0 Å². The average Bonchev–Trinajstić information content (AvgIpc) is 2.36. The van der Waals surface area contributed by atoms with Gasteiger partial charge in [0.25, 0.3) is 0 Å².